The Balaban J connectivity index is 2.39. The highest BCUT2D eigenvalue weighted by atomic mass is 32.1. The zero-order chi connectivity index (χ0) is 26.6. The highest BCUT2D eigenvalue weighted by Gasteiger charge is 2.37. The molecule has 0 fully saturated rings. The molecule has 0 aliphatic heterocycles. The van der Waals surface area contributed by atoms with Crippen LogP contribution in [-0.2, 0) is 16.6 Å². The summed E-state index contributed by atoms with van der Waals surface area (Å²) in [6.07, 6.45) is 2.43. The van der Waals surface area contributed by atoms with Gasteiger partial charge >= 0.3 is 5.97 Å². The molecule has 0 aliphatic rings. The van der Waals surface area contributed by atoms with E-state index in [0.29, 0.717) is 4.88 Å². The van der Waals surface area contributed by atoms with Gasteiger partial charge in [-0.05, 0) is 60.9 Å². The number of aliphatic hydroxyl groups is 1. The second-order valence-electron chi connectivity index (χ2n) is 10.2. The van der Waals surface area contributed by atoms with E-state index in [9.17, 15) is 14.7 Å². The minimum absolute atomic E-state index is 0.195. The lowest BCUT2D eigenvalue weighted by molar-refractivity contribution is -0.132. The maximum absolute atomic E-state index is 12.5. The van der Waals surface area contributed by atoms with Gasteiger partial charge in [0.25, 0.3) is 5.91 Å². The number of thiophene rings is 1. The van der Waals surface area contributed by atoms with Gasteiger partial charge in [-0.2, -0.15) is 0 Å². The maximum Gasteiger partial charge on any atom is 0.351 e. The molecule has 1 unspecified atom stereocenters. The van der Waals surface area contributed by atoms with Crippen molar-refractivity contribution < 1.29 is 24.5 Å². The first-order valence-electron chi connectivity index (χ1n) is 12.0. The van der Waals surface area contributed by atoms with Gasteiger partial charge in [-0.3, -0.25) is 4.79 Å². The van der Waals surface area contributed by atoms with Crippen LogP contribution >= 0.6 is 11.3 Å². The Bertz CT molecular complexity index is 1070. The van der Waals surface area contributed by atoms with Gasteiger partial charge in [0.2, 0.25) is 0 Å². The number of carboxylic acid groups (broad SMARTS) is 1. The number of ether oxygens (including phenoxy) is 1. The van der Waals surface area contributed by atoms with E-state index in [1.54, 1.807) is 13.0 Å². The molecule has 3 N–H and O–H groups in total. The predicted molar refractivity (Wildman–Crippen MR) is 141 cm³/mol. The SMILES string of the molecule is C=C(NC(=O)c1ccc(C(CC)(CC)c2ccc(OCC(C)(O)C(C)(C)C)c(CC)c2)s1)C(=O)O. The van der Waals surface area contributed by atoms with Crippen LogP contribution in [0.15, 0.2) is 42.6 Å². The van der Waals surface area contributed by atoms with Crippen LogP contribution in [0.2, 0.25) is 0 Å². The zero-order valence-electron chi connectivity index (χ0n) is 21.9. The van der Waals surface area contributed by atoms with E-state index in [2.05, 4.69) is 44.8 Å². The second kappa shape index (κ2) is 11.0. The smallest absolute Gasteiger partial charge is 0.351 e. The van der Waals surface area contributed by atoms with Crippen molar-refractivity contribution in [1.82, 2.24) is 5.32 Å². The number of rotatable bonds is 11. The van der Waals surface area contributed by atoms with Crippen molar-refractivity contribution in [3.05, 3.63) is 63.5 Å². The van der Waals surface area contributed by atoms with Crippen molar-refractivity contribution >= 4 is 23.2 Å². The molecule has 2 aromatic rings. The summed E-state index contributed by atoms with van der Waals surface area (Å²) in [6.45, 7) is 17.7. The molecule has 1 aromatic carbocycles. The number of nitrogens with one attached hydrogen (secondary N) is 1. The minimum Gasteiger partial charge on any atom is -0.490 e. The average molecular weight is 502 g/mol. The van der Waals surface area contributed by atoms with Crippen molar-refractivity contribution in [1.29, 1.82) is 0 Å². The molecule has 1 aromatic heterocycles. The Labute approximate surface area is 213 Å². The lowest BCUT2D eigenvalue weighted by atomic mass is 9.74. The average Bonchev–Trinajstić information content (AvgIpc) is 3.29. The van der Waals surface area contributed by atoms with Crippen LogP contribution in [0.3, 0.4) is 0 Å². The van der Waals surface area contributed by atoms with Crippen LogP contribution in [0.5, 0.6) is 5.75 Å². The molecule has 0 bridgehead atoms. The van der Waals surface area contributed by atoms with Crippen LogP contribution in [0.1, 0.15) is 87.0 Å². The minimum atomic E-state index is -1.26. The third-order valence-corrected chi connectivity index (χ3v) is 8.44. The fourth-order valence-corrected chi connectivity index (χ4v) is 5.10. The first-order chi connectivity index (χ1) is 16.2. The van der Waals surface area contributed by atoms with E-state index in [-0.39, 0.29) is 23.1 Å². The molecule has 7 heteroatoms. The van der Waals surface area contributed by atoms with E-state index in [4.69, 9.17) is 9.84 Å². The largest absolute Gasteiger partial charge is 0.490 e. The molecule has 0 spiro atoms. The van der Waals surface area contributed by atoms with Gasteiger partial charge in [0.15, 0.2) is 0 Å². The molecule has 0 aliphatic carbocycles. The molecular formula is C28H39NO5S. The quantitative estimate of drug-likeness (QED) is 0.332. The number of hydrogen-bond acceptors (Lipinski definition) is 5. The van der Waals surface area contributed by atoms with Crippen molar-refractivity contribution in [2.24, 2.45) is 5.41 Å². The van der Waals surface area contributed by atoms with Crippen LogP contribution in [-0.4, -0.2) is 34.3 Å². The summed E-state index contributed by atoms with van der Waals surface area (Å²) in [5.41, 5.74) is 0.248. The summed E-state index contributed by atoms with van der Waals surface area (Å²) >= 11 is 1.37. The second-order valence-corrected chi connectivity index (χ2v) is 11.3. The van der Waals surface area contributed by atoms with Gasteiger partial charge in [0, 0.05) is 10.3 Å². The Morgan fingerprint density at radius 2 is 1.69 bits per heavy atom. The highest BCUT2D eigenvalue weighted by molar-refractivity contribution is 7.14. The molecule has 6 nitrogen and oxygen atoms in total. The Morgan fingerprint density at radius 1 is 1.06 bits per heavy atom. The molecule has 2 rings (SSSR count). The van der Waals surface area contributed by atoms with E-state index < -0.39 is 17.5 Å². The molecule has 1 heterocycles. The predicted octanol–water partition coefficient (Wildman–Crippen LogP) is 5.92. The van der Waals surface area contributed by atoms with Gasteiger partial charge in [-0.1, -0.05) is 60.3 Å². The summed E-state index contributed by atoms with van der Waals surface area (Å²) in [6, 6.07) is 9.90. The Hall–Kier alpha value is -2.64. The number of aliphatic carboxylic acids is 1. The maximum atomic E-state index is 12.5. The van der Waals surface area contributed by atoms with E-state index >= 15 is 0 Å². The van der Waals surface area contributed by atoms with Crippen LogP contribution < -0.4 is 10.1 Å². The zero-order valence-corrected chi connectivity index (χ0v) is 22.8. The van der Waals surface area contributed by atoms with Crippen LogP contribution in [0, 0.1) is 5.41 Å². The van der Waals surface area contributed by atoms with Crippen molar-refractivity contribution in [3.8, 4) is 5.75 Å². The molecule has 35 heavy (non-hydrogen) atoms. The fourth-order valence-electron chi connectivity index (χ4n) is 3.85. The number of carbonyl (C=O) groups excluding carboxylic acids is 1. The first-order valence-corrected chi connectivity index (χ1v) is 12.9. The standard InChI is InChI=1S/C28H39NO5S/c1-9-19-16-20(12-13-21(19)34-17-27(8,33)26(5,6)7)28(10-2,11-3)23-15-14-22(35-23)24(30)29-18(4)25(31)32/h12-16,33H,4,9-11,17H2,1-3,5-8H3,(H,29,30)(H,31,32). The van der Waals surface area contributed by atoms with Crippen LogP contribution in [0.25, 0.3) is 0 Å². The lowest BCUT2D eigenvalue weighted by Gasteiger charge is -2.37. The Kier molecular flexibility index (Phi) is 8.95. The molecular weight excluding hydrogens is 462 g/mol. The first kappa shape index (κ1) is 28.6. The van der Waals surface area contributed by atoms with Crippen molar-refractivity contribution in [2.45, 2.75) is 78.7 Å². The summed E-state index contributed by atoms with van der Waals surface area (Å²) in [5.74, 6) is -0.969. The molecule has 1 amide bonds. The fraction of sp³-hybridized carbons (Fsp3) is 0.500. The normalized spacial score (nSPS) is 13.7. The highest BCUT2D eigenvalue weighted by Crippen LogP contribution is 2.43. The summed E-state index contributed by atoms with van der Waals surface area (Å²) in [5, 5.41) is 22.2. The molecule has 1 atom stereocenters. The molecule has 192 valence electrons. The third kappa shape index (κ3) is 6.14. The summed E-state index contributed by atoms with van der Waals surface area (Å²) < 4.78 is 6.10. The number of benzene rings is 1. The number of carboxylic acids is 1. The topological polar surface area (TPSA) is 95.9 Å². The van der Waals surface area contributed by atoms with E-state index in [1.807, 2.05) is 32.9 Å². The molecule has 0 saturated heterocycles. The van der Waals surface area contributed by atoms with Crippen LogP contribution in [0.4, 0.5) is 0 Å². The third-order valence-electron chi connectivity index (χ3n) is 7.15. The van der Waals surface area contributed by atoms with Crippen molar-refractivity contribution in [3.63, 3.8) is 0 Å². The van der Waals surface area contributed by atoms with Crippen molar-refractivity contribution in [2.75, 3.05) is 6.61 Å². The summed E-state index contributed by atoms with van der Waals surface area (Å²) in [4.78, 5) is 25.0. The van der Waals surface area contributed by atoms with Gasteiger partial charge in [0.05, 0.1) is 4.88 Å². The van der Waals surface area contributed by atoms with E-state index in [0.717, 1.165) is 41.0 Å². The number of hydrogen-bond donors (Lipinski definition) is 3. The molecule has 0 saturated carbocycles. The lowest BCUT2D eigenvalue weighted by Crippen LogP contribution is -2.45. The monoisotopic (exact) mass is 501 g/mol. The Morgan fingerprint density at radius 3 is 2.20 bits per heavy atom. The number of amides is 1. The van der Waals surface area contributed by atoms with Gasteiger partial charge in [-0.25, -0.2) is 4.79 Å². The van der Waals surface area contributed by atoms with Gasteiger partial charge in [-0.15, -0.1) is 11.3 Å². The number of carbonyl (C=O) groups is 2. The number of aryl methyl sites for hydroxylation is 1. The summed E-state index contributed by atoms with van der Waals surface area (Å²) in [7, 11) is 0. The van der Waals surface area contributed by atoms with Gasteiger partial charge < -0.3 is 20.3 Å². The molecule has 0 radical (unpaired) electrons. The van der Waals surface area contributed by atoms with Gasteiger partial charge in [0.1, 0.15) is 23.7 Å². The van der Waals surface area contributed by atoms with E-state index in [1.165, 1.54) is 11.3 Å².